The molecule has 0 saturated heterocycles. The normalized spacial score (nSPS) is 10.2. The van der Waals surface area contributed by atoms with Crippen LogP contribution in [-0.4, -0.2) is 44.0 Å². The zero-order valence-electron chi connectivity index (χ0n) is 12.9. The van der Waals surface area contributed by atoms with Gasteiger partial charge in [0.05, 0.1) is 24.8 Å². The van der Waals surface area contributed by atoms with E-state index in [1.807, 2.05) is 0 Å². The lowest BCUT2D eigenvalue weighted by molar-refractivity contribution is -0.120. The summed E-state index contributed by atoms with van der Waals surface area (Å²) in [4.78, 5) is 34.3. The van der Waals surface area contributed by atoms with Crippen LogP contribution in [0.3, 0.4) is 0 Å². The molecule has 0 bridgehead atoms. The number of nitrogens with one attached hydrogen (secondary N) is 3. The van der Waals surface area contributed by atoms with Crippen LogP contribution in [0, 0.1) is 0 Å². The molecule has 7 heteroatoms. The monoisotopic (exact) mass is 307 g/mol. The summed E-state index contributed by atoms with van der Waals surface area (Å²) >= 11 is 0. The first-order valence-corrected chi connectivity index (χ1v) is 6.94. The summed E-state index contributed by atoms with van der Waals surface area (Å²) in [5.41, 5.74) is 0.984. The van der Waals surface area contributed by atoms with E-state index in [0.29, 0.717) is 11.3 Å². The Morgan fingerprint density at radius 1 is 1.05 bits per heavy atom. The summed E-state index contributed by atoms with van der Waals surface area (Å²) < 4.78 is 5.07. The molecule has 0 unspecified atom stereocenters. The van der Waals surface area contributed by atoms with Gasteiger partial charge in [-0.15, -0.1) is 0 Å². The molecule has 0 aliphatic carbocycles. The van der Waals surface area contributed by atoms with Crippen LogP contribution in [-0.2, 0) is 14.3 Å². The Labute approximate surface area is 129 Å². The smallest absolute Gasteiger partial charge is 0.338 e. The fourth-order valence-corrected chi connectivity index (χ4v) is 1.55. The number of ether oxygens (including phenoxy) is 1. The topological polar surface area (TPSA) is 96.5 Å². The molecule has 1 rings (SSSR count). The van der Waals surface area contributed by atoms with Crippen molar-refractivity contribution in [3.8, 4) is 0 Å². The Hall–Kier alpha value is -2.41. The van der Waals surface area contributed by atoms with Gasteiger partial charge in [-0.1, -0.05) is 0 Å². The maximum Gasteiger partial charge on any atom is 0.338 e. The highest BCUT2D eigenvalue weighted by atomic mass is 16.5. The van der Waals surface area contributed by atoms with Crippen LogP contribution in [0.4, 0.5) is 5.69 Å². The Kier molecular flexibility index (Phi) is 7.04. The van der Waals surface area contributed by atoms with Gasteiger partial charge in [-0.3, -0.25) is 14.9 Å². The third-order valence-corrected chi connectivity index (χ3v) is 2.60. The number of carbonyl (C=O) groups is 3. The SMILES string of the molecule is CNC(=O)CNCC(=O)Nc1ccc(C(=O)OC(C)C)cc1. The number of hydrogen-bond donors (Lipinski definition) is 3. The zero-order valence-corrected chi connectivity index (χ0v) is 12.9. The molecule has 0 saturated carbocycles. The van der Waals surface area contributed by atoms with Crippen LogP contribution >= 0.6 is 0 Å². The number of amides is 2. The number of esters is 1. The minimum absolute atomic E-state index is 0.0184. The predicted molar refractivity (Wildman–Crippen MR) is 82.6 cm³/mol. The molecule has 1 aromatic rings. The second-order valence-corrected chi connectivity index (χ2v) is 4.86. The quantitative estimate of drug-likeness (QED) is 0.638. The van der Waals surface area contributed by atoms with Gasteiger partial charge in [-0.25, -0.2) is 4.79 Å². The minimum atomic E-state index is -0.403. The number of benzene rings is 1. The molecule has 2 amide bonds. The maximum atomic E-state index is 11.7. The highest BCUT2D eigenvalue weighted by Gasteiger charge is 2.09. The van der Waals surface area contributed by atoms with Crippen molar-refractivity contribution in [2.24, 2.45) is 0 Å². The Morgan fingerprint density at radius 2 is 1.64 bits per heavy atom. The van der Waals surface area contributed by atoms with Gasteiger partial charge in [-0.05, 0) is 38.1 Å². The minimum Gasteiger partial charge on any atom is -0.459 e. The molecule has 7 nitrogen and oxygen atoms in total. The molecule has 0 fully saturated rings. The first kappa shape index (κ1) is 17.6. The summed E-state index contributed by atoms with van der Waals surface area (Å²) in [5.74, 6) is -0.873. The number of rotatable bonds is 7. The molecule has 120 valence electrons. The number of likely N-dealkylation sites (N-methyl/N-ethyl adjacent to an activating group) is 1. The van der Waals surface area contributed by atoms with Crippen molar-refractivity contribution >= 4 is 23.5 Å². The van der Waals surface area contributed by atoms with Crippen LogP contribution in [0.1, 0.15) is 24.2 Å². The maximum absolute atomic E-state index is 11.7. The Bertz CT molecular complexity index is 526. The van der Waals surface area contributed by atoms with Crippen LogP contribution in [0.5, 0.6) is 0 Å². The lowest BCUT2D eigenvalue weighted by Crippen LogP contribution is -2.36. The summed E-state index contributed by atoms with van der Waals surface area (Å²) in [5, 5.41) is 7.81. The molecule has 1 aromatic carbocycles. The van der Waals surface area contributed by atoms with Crippen molar-refractivity contribution in [2.75, 3.05) is 25.5 Å². The van der Waals surface area contributed by atoms with Crippen molar-refractivity contribution in [2.45, 2.75) is 20.0 Å². The van der Waals surface area contributed by atoms with Crippen LogP contribution < -0.4 is 16.0 Å². The molecule has 0 aliphatic rings. The highest BCUT2D eigenvalue weighted by molar-refractivity contribution is 5.94. The van der Waals surface area contributed by atoms with Gasteiger partial charge in [-0.2, -0.15) is 0 Å². The molecule has 0 aromatic heterocycles. The third kappa shape index (κ3) is 6.36. The Morgan fingerprint density at radius 3 is 2.18 bits per heavy atom. The van der Waals surface area contributed by atoms with E-state index in [4.69, 9.17) is 4.74 Å². The standard InChI is InChI=1S/C15H21N3O4/c1-10(2)22-15(21)11-4-6-12(7-5-11)18-14(20)9-17-8-13(19)16-3/h4-7,10,17H,8-9H2,1-3H3,(H,16,19)(H,18,20). The molecule has 0 heterocycles. The largest absolute Gasteiger partial charge is 0.459 e. The first-order chi connectivity index (χ1) is 10.4. The van der Waals surface area contributed by atoms with Gasteiger partial charge in [0.1, 0.15) is 0 Å². The lowest BCUT2D eigenvalue weighted by atomic mass is 10.2. The number of carbonyl (C=O) groups excluding carboxylic acids is 3. The van der Waals surface area contributed by atoms with Crippen molar-refractivity contribution < 1.29 is 19.1 Å². The molecule has 0 spiro atoms. The summed E-state index contributed by atoms with van der Waals surface area (Å²) in [6.45, 7) is 3.64. The number of anilines is 1. The van der Waals surface area contributed by atoms with E-state index < -0.39 is 5.97 Å². The van der Waals surface area contributed by atoms with Gasteiger partial charge < -0.3 is 15.4 Å². The van der Waals surface area contributed by atoms with E-state index >= 15 is 0 Å². The predicted octanol–water partition coefficient (Wildman–Crippen LogP) is 0.526. The van der Waals surface area contributed by atoms with E-state index in [9.17, 15) is 14.4 Å². The van der Waals surface area contributed by atoms with Gasteiger partial charge in [0.25, 0.3) is 0 Å². The second kappa shape index (κ2) is 8.78. The van der Waals surface area contributed by atoms with Crippen LogP contribution in [0.15, 0.2) is 24.3 Å². The van der Waals surface area contributed by atoms with E-state index in [1.165, 1.54) is 7.05 Å². The van der Waals surface area contributed by atoms with Gasteiger partial charge in [0.15, 0.2) is 0 Å². The fourth-order valence-electron chi connectivity index (χ4n) is 1.55. The van der Waals surface area contributed by atoms with Crippen molar-refractivity contribution in [3.05, 3.63) is 29.8 Å². The van der Waals surface area contributed by atoms with Gasteiger partial charge in [0, 0.05) is 12.7 Å². The summed E-state index contributed by atoms with van der Waals surface area (Å²) in [6, 6.07) is 6.40. The summed E-state index contributed by atoms with van der Waals surface area (Å²) in [6.07, 6.45) is -0.182. The number of hydrogen-bond acceptors (Lipinski definition) is 5. The average Bonchev–Trinajstić information content (AvgIpc) is 2.47. The molecular weight excluding hydrogens is 286 g/mol. The summed E-state index contributed by atoms with van der Waals surface area (Å²) in [7, 11) is 1.52. The molecule has 0 radical (unpaired) electrons. The van der Waals surface area contributed by atoms with Crippen molar-refractivity contribution in [1.29, 1.82) is 0 Å². The van der Waals surface area contributed by atoms with Crippen LogP contribution in [0.25, 0.3) is 0 Å². The third-order valence-electron chi connectivity index (χ3n) is 2.60. The van der Waals surface area contributed by atoms with Crippen LogP contribution in [0.2, 0.25) is 0 Å². The van der Waals surface area contributed by atoms with Crippen molar-refractivity contribution in [3.63, 3.8) is 0 Å². The van der Waals surface area contributed by atoms with E-state index in [2.05, 4.69) is 16.0 Å². The average molecular weight is 307 g/mol. The molecule has 3 N–H and O–H groups in total. The van der Waals surface area contributed by atoms with Crippen molar-refractivity contribution in [1.82, 2.24) is 10.6 Å². The van der Waals surface area contributed by atoms with Gasteiger partial charge >= 0.3 is 5.97 Å². The second-order valence-electron chi connectivity index (χ2n) is 4.86. The Balaban J connectivity index is 2.45. The molecule has 0 atom stereocenters. The zero-order chi connectivity index (χ0) is 16.5. The lowest BCUT2D eigenvalue weighted by Gasteiger charge is -2.09. The molecule has 22 heavy (non-hydrogen) atoms. The highest BCUT2D eigenvalue weighted by Crippen LogP contribution is 2.11. The fraction of sp³-hybridized carbons (Fsp3) is 0.400. The van der Waals surface area contributed by atoms with E-state index in [1.54, 1.807) is 38.1 Å². The first-order valence-electron chi connectivity index (χ1n) is 6.94. The molecule has 0 aliphatic heterocycles. The van der Waals surface area contributed by atoms with E-state index in [-0.39, 0.29) is 31.0 Å². The van der Waals surface area contributed by atoms with E-state index in [0.717, 1.165) is 0 Å². The van der Waals surface area contributed by atoms with Gasteiger partial charge in [0.2, 0.25) is 11.8 Å². The molecular formula is C15H21N3O4.